The Kier molecular flexibility index (Phi) is 4.98. The fourth-order valence-corrected chi connectivity index (χ4v) is 2.50. The SMILES string of the molecule is Cc1cc(=O)[nH]cc1C(=O)Nc1cccc(NC(=O)c2ccncc2N)c1. The van der Waals surface area contributed by atoms with Crippen LogP contribution in [0.4, 0.5) is 17.1 Å². The summed E-state index contributed by atoms with van der Waals surface area (Å²) in [7, 11) is 0. The molecule has 0 saturated heterocycles. The number of nitrogens with two attached hydrogens (primary N) is 1. The molecule has 3 rings (SSSR count). The summed E-state index contributed by atoms with van der Waals surface area (Å²) in [5, 5.41) is 5.46. The highest BCUT2D eigenvalue weighted by Crippen LogP contribution is 2.18. The molecule has 3 aromatic rings. The van der Waals surface area contributed by atoms with Gasteiger partial charge >= 0.3 is 0 Å². The standard InChI is InChI=1S/C19H17N5O3/c1-11-7-17(25)22-9-15(11)19(27)24-13-4-2-3-12(8-13)23-18(26)14-5-6-21-10-16(14)20/h2-10H,20H2,1H3,(H,22,25)(H,23,26)(H,24,27). The largest absolute Gasteiger partial charge is 0.397 e. The van der Waals surface area contributed by atoms with Gasteiger partial charge in [0.05, 0.1) is 23.0 Å². The molecule has 0 spiro atoms. The third kappa shape index (κ3) is 4.18. The van der Waals surface area contributed by atoms with E-state index >= 15 is 0 Å². The Balaban J connectivity index is 1.75. The van der Waals surface area contributed by atoms with Crippen LogP contribution >= 0.6 is 0 Å². The number of rotatable bonds is 4. The molecule has 136 valence electrons. The number of carbonyl (C=O) groups is 2. The molecule has 2 aromatic heterocycles. The molecule has 1 aromatic carbocycles. The highest BCUT2D eigenvalue weighted by molar-refractivity contribution is 6.08. The van der Waals surface area contributed by atoms with Crippen LogP contribution < -0.4 is 21.9 Å². The number of H-pyrrole nitrogens is 1. The van der Waals surface area contributed by atoms with Crippen LogP contribution in [-0.4, -0.2) is 21.8 Å². The summed E-state index contributed by atoms with van der Waals surface area (Å²) >= 11 is 0. The third-order valence-corrected chi connectivity index (χ3v) is 3.85. The lowest BCUT2D eigenvalue weighted by Gasteiger charge is -2.10. The average molecular weight is 363 g/mol. The molecule has 8 heteroatoms. The number of hydrogen-bond acceptors (Lipinski definition) is 5. The molecule has 0 radical (unpaired) electrons. The summed E-state index contributed by atoms with van der Waals surface area (Å²) < 4.78 is 0. The number of benzene rings is 1. The maximum Gasteiger partial charge on any atom is 0.257 e. The predicted molar refractivity (Wildman–Crippen MR) is 103 cm³/mol. The first-order valence-electron chi connectivity index (χ1n) is 8.05. The number of aromatic nitrogens is 2. The van der Waals surface area contributed by atoms with E-state index in [1.807, 2.05) is 0 Å². The zero-order valence-corrected chi connectivity index (χ0v) is 14.4. The minimum Gasteiger partial charge on any atom is -0.397 e. The van der Waals surface area contributed by atoms with Crippen LogP contribution in [-0.2, 0) is 0 Å². The highest BCUT2D eigenvalue weighted by Gasteiger charge is 2.12. The number of hydrogen-bond donors (Lipinski definition) is 4. The van der Waals surface area contributed by atoms with Crippen LogP contribution in [0.1, 0.15) is 26.3 Å². The second kappa shape index (κ2) is 7.52. The second-order valence-corrected chi connectivity index (χ2v) is 5.85. The van der Waals surface area contributed by atoms with Gasteiger partial charge in [0.25, 0.3) is 11.8 Å². The normalized spacial score (nSPS) is 10.3. The van der Waals surface area contributed by atoms with Crippen molar-refractivity contribution in [1.82, 2.24) is 9.97 Å². The third-order valence-electron chi connectivity index (χ3n) is 3.85. The van der Waals surface area contributed by atoms with E-state index in [0.717, 1.165) is 0 Å². The molecular weight excluding hydrogens is 346 g/mol. The van der Waals surface area contributed by atoms with Gasteiger partial charge in [-0.05, 0) is 36.8 Å². The molecule has 0 fully saturated rings. The van der Waals surface area contributed by atoms with Gasteiger partial charge in [-0.25, -0.2) is 0 Å². The molecule has 0 aliphatic carbocycles. The van der Waals surface area contributed by atoms with Gasteiger partial charge in [0.2, 0.25) is 5.56 Å². The van der Waals surface area contributed by atoms with E-state index in [2.05, 4.69) is 20.6 Å². The van der Waals surface area contributed by atoms with E-state index in [1.54, 1.807) is 31.2 Å². The Bertz CT molecular complexity index is 1070. The van der Waals surface area contributed by atoms with E-state index in [9.17, 15) is 14.4 Å². The fourth-order valence-electron chi connectivity index (χ4n) is 2.50. The Morgan fingerprint density at radius 2 is 1.70 bits per heavy atom. The molecule has 0 aliphatic rings. The van der Waals surface area contributed by atoms with Gasteiger partial charge in [0.15, 0.2) is 0 Å². The molecule has 0 unspecified atom stereocenters. The minimum atomic E-state index is -0.380. The van der Waals surface area contributed by atoms with Gasteiger partial charge in [-0.1, -0.05) is 6.07 Å². The molecule has 0 aliphatic heterocycles. The number of nitrogen functional groups attached to an aromatic ring is 1. The van der Waals surface area contributed by atoms with Crippen LogP contribution in [0.5, 0.6) is 0 Å². The predicted octanol–water partition coefficient (Wildman–Crippen LogP) is 2.17. The fraction of sp³-hybridized carbons (Fsp3) is 0.0526. The molecule has 0 bridgehead atoms. The second-order valence-electron chi connectivity index (χ2n) is 5.85. The van der Waals surface area contributed by atoms with Crippen LogP contribution in [0.25, 0.3) is 0 Å². The van der Waals surface area contributed by atoms with Crippen molar-refractivity contribution in [3.8, 4) is 0 Å². The Morgan fingerprint density at radius 3 is 2.33 bits per heavy atom. The van der Waals surface area contributed by atoms with E-state index in [-0.39, 0.29) is 23.1 Å². The molecule has 27 heavy (non-hydrogen) atoms. The number of amides is 2. The van der Waals surface area contributed by atoms with Crippen LogP contribution in [0, 0.1) is 6.92 Å². The van der Waals surface area contributed by atoms with Gasteiger partial charge < -0.3 is 21.4 Å². The summed E-state index contributed by atoms with van der Waals surface area (Å²) in [5.74, 6) is -0.750. The maximum absolute atomic E-state index is 12.4. The van der Waals surface area contributed by atoms with Gasteiger partial charge in [-0.3, -0.25) is 19.4 Å². The Hall–Kier alpha value is -3.94. The van der Waals surface area contributed by atoms with Crippen molar-refractivity contribution < 1.29 is 9.59 Å². The van der Waals surface area contributed by atoms with Crippen molar-refractivity contribution in [1.29, 1.82) is 0 Å². The minimum absolute atomic E-state index is 0.271. The Labute approximate surface area is 154 Å². The van der Waals surface area contributed by atoms with Crippen LogP contribution in [0.3, 0.4) is 0 Å². The monoisotopic (exact) mass is 363 g/mol. The molecule has 8 nitrogen and oxygen atoms in total. The molecular formula is C19H17N5O3. The summed E-state index contributed by atoms with van der Waals surface area (Å²) in [4.78, 5) is 42.3. The van der Waals surface area contributed by atoms with E-state index in [0.29, 0.717) is 28.1 Å². The van der Waals surface area contributed by atoms with Gasteiger partial charge in [-0.2, -0.15) is 0 Å². The number of aromatic amines is 1. The molecule has 2 heterocycles. The quantitative estimate of drug-likeness (QED) is 0.564. The first kappa shape index (κ1) is 17.9. The zero-order valence-electron chi connectivity index (χ0n) is 14.4. The van der Waals surface area contributed by atoms with Crippen molar-refractivity contribution in [3.05, 3.63) is 82.0 Å². The van der Waals surface area contributed by atoms with Gasteiger partial charge in [-0.15, -0.1) is 0 Å². The first-order valence-corrected chi connectivity index (χ1v) is 8.05. The number of aryl methyl sites for hydroxylation is 1. The van der Waals surface area contributed by atoms with Crippen LogP contribution in [0.15, 0.2) is 59.8 Å². The van der Waals surface area contributed by atoms with E-state index < -0.39 is 0 Å². The van der Waals surface area contributed by atoms with Crippen LogP contribution in [0.2, 0.25) is 0 Å². The van der Waals surface area contributed by atoms with Gasteiger partial charge in [0.1, 0.15) is 0 Å². The number of pyridine rings is 2. The maximum atomic E-state index is 12.4. The van der Waals surface area contributed by atoms with Crippen molar-refractivity contribution in [3.63, 3.8) is 0 Å². The van der Waals surface area contributed by atoms with Crippen molar-refractivity contribution in [2.24, 2.45) is 0 Å². The number of carbonyl (C=O) groups excluding carboxylic acids is 2. The Morgan fingerprint density at radius 1 is 1.04 bits per heavy atom. The zero-order chi connectivity index (χ0) is 19.4. The van der Waals surface area contributed by atoms with Crippen molar-refractivity contribution >= 4 is 28.9 Å². The average Bonchev–Trinajstić information content (AvgIpc) is 2.62. The lowest BCUT2D eigenvalue weighted by molar-refractivity contribution is 0.101. The molecule has 0 atom stereocenters. The van der Waals surface area contributed by atoms with Crippen molar-refractivity contribution in [2.45, 2.75) is 6.92 Å². The van der Waals surface area contributed by atoms with E-state index in [1.165, 1.54) is 30.7 Å². The number of nitrogens with one attached hydrogen (secondary N) is 3. The smallest absolute Gasteiger partial charge is 0.257 e. The number of nitrogens with zero attached hydrogens (tertiary/aromatic N) is 1. The lowest BCUT2D eigenvalue weighted by atomic mass is 10.1. The molecule has 5 N–H and O–H groups in total. The first-order chi connectivity index (χ1) is 12.9. The lowest BCUT2D eigenvalue weighted by Crippen LogP contribution is -2.17. The summed E-state index contributed by atoms with van der Waals surface area (Å²) in [6.45, 7) is 1.68. The summed E-state index contributed by atoms with van der Waals surface area (Å²) in [6, 6.07) is 9.57. The number of anilines is 3. The summed E-state index contributed by atoms with van der Waals surface area (Å²) in [6.07, 6.45) is 4.25. The highest BCUT2D eigenvalue weighted by atomic mass is 16.2. The summed E-state index contributed by atoms with van der Waals surface area (Å²) in [5.41, 5.74) is 7.96. The topological polar surface area (TPSA) is 130 Å². The molecule has 2 amide bonds. The van der Waals surface area contributed by atoms with E-state index in [4.69, 9.17) is 5.73 Å². The molecule has 0 saturated carbocycles. The van der Waals surface area contributed by atoms with Gasteiger partial charge in [0, 0.05) is 29.8 Å². The van der Waals surface area contributed by atoms with Crippen molar-refractivity contribution in [2.75, 3.05) is 16.4 Å².